The topological polar surface area (TPSA) is 135 Å². The third-order valence-electron chi connectivity index (χ3n) is 6.52. The number of amides is 1. The quantitative estimate of drug-likeness (QED) is 0.184. The second kappa shape index (κ2) is 15.7. The molecule has 0 atom stereocenters. The minimum Gasteiger partial charge on any atom is -0.357 e. The first kappa shape index (κ1) is 33.9. The molecule has 9 nitrogen and oxygen atoms in total. The van der Waals surface area contributed by atoms with Crippen LogP contribution in [0.25, 0.3) is 11.1 Å². The Morgan fingerprint density at radius 2 is 1.60 bits per heavy atom. The van der Waals surface area contributed by atoms with Gasteiger partial charge in [-0.25, -0.2) is 4.98 Å². The van der Waals surface area contributed by atoms with E-state index in [-0.39, 0.29) is 6.42 Å². The maximum atomic E-state index is 13.4. The van der Waals surface area contributed by atoms with E-state index >= 15 is 0 Å². The van der Waals surface area contributed by atoms with Gasteiger partial charge in [0.1, 0.15) is 17.4 Å². The van der Waals surface area contributed by atoms with E-state index < -0.39 is 33.8 Å². The molecule has 0 unspecified atom stereocenters. The number of carbonyl (C=O) groups excluding carboxylic acids is 1. The van der Waals surface area contributed by atoms with Crippen LogP contribution in [-0.2, 0) is 33.9 Å². The highest BCUT2D eigenvalue weighted by molar-refractivity contribution is 7.85. The summed E-state index contributed by atoms with van der Waals surface area (Å²) >= 11 is 3.89. The number of nitrogens with zero attached hydrogens (tertiary/aromatic N) is 3. The Balaban J connectivity index is 0.000000353. The third kappa shape index (κ3) is 11.5. The highest BCUT2D eigenvalue weighted by Crippen LogP contribution is 2.34. The fourth-order valence-electron chi connectivity index (χ4n) is 4.26. The molecule has 0 bridgehead atoms. The number of aromatic nitrogens is 1. The van der Waals surface area contributed by atoms with Gasteiger partial charge in [-0.1, -0.05) is 49.2 Å². The molecule has 2 heterocycles. The van der Waals surface area contributed by atoms with E-state index in [9.17, 15) is 26.4 Å². The molecule has 0 saturated carbocycles. The average Bonchev–Trinajstić information content (AvgIpc) is 3.53. The Morgan fingerprint density at radius 1 is 1.00 bits per heavy atom. The number of rotatable bonds is 10. The Bertz CT molecular complexity index is 1510. The monoisotopic (exact) mass is 635 g/mol. The molecule has 230 valence electrons. The first-order valence-corrected chi connectivity index (χ1v) is 15.4. The van der Waals surface area contributed by atoms with E-state index in [4.69, 9.17) is 9.81 Å². The molecule has 14 heteroatoms. The number of anilines is 1. The minimum atomic E-state index is -4.56. The Kier molecular flexibility index (Phi) is 12.4. The summed E-state index contributed by atoms with van der Waals surface area (Å²) in [7, 11) is -4.28. The van der Waals surface area contributed by atoms with Crippen LogP contribution in [0.1, 0.15) is 41.6 Å². The zero-order valence-electron chi connectivity index (χ0n) is 23.1. The van der Waals surface area contributed by atoms with Crippen molar-refractivity contribution in [2.45, 2.75) is 38.3 Å². The molecule has 1 fully saturated rings. The molecular weight excluding hydrogens is 603 g/mol. The van der Waals surface area contributed by atoms with Crippen molar-refractivity contribution in [3.05, 3.63) is 83.0 Å². The van der Waals surface area contributed by atoms with Gasteiger partial charge in [-0.15, -0.1) is 0 Å². The lowest BCUT2D eigenvalue weighted by molar-refractivity contribution is -0.141. The summed E-state index contributed by atoms with van der Waals surface area (Å²) in [6.45, 7) is 2.19. The fourth-order valence-corrected chi connectivity index (χ4v) is 4.72. The van der Waals surface area contributed by atoms with Crippen LogP contribution in [0.5, 0.6) is 0 Å². The first-order chi connectivity index (χ1) is 20.4. The Labute approximate surface area is 254 Å². The average molecular weight is 636 g/mol. The molecule has 1 aromatic heterocycles. The number of hydrogen-bond donors (Lipinski definition) is 4. The molecule has 43 heavy (non-hydrogen) atoms. The summed E-state index contributed by atoms with van der Waals surface area (Å²) in [6, 6.07) is 19.1. The second-order valence-electron chi connectivity index (χ2n) is 9.78. The summed E-state index contributed by atoms with van der Waals surface area (Å²) in [5.74, 6) is -1.09. The van der Waals surface area contributed by atoms with Gasteiger partial charge >= 0.3 is 6.18 Å². The van der Waals surface area contributed by atoms with Crippen molar-refractivity contribution in [2.75, 3.05) is 30.4 Å². The molecule has 1 saturated heterocycles. The van der Waals surface area contributed by atoms with Crippen LogP contribution in [-0.4, -0.2) is 49.4 Å². The second-order valence-corrected chi connectivity index (χ2v) is 11.5. The van der Waals surface area contributed by atoms with Crippen molar-refractivity contribution >= 4 is 34.7 Å². The zero-order valence-corrected chi connectivity index (χ0v) is 24.9. The van der Waals surface area contributed by atoms with Crippen LogP contribution in [0.2, 0.25) is 0 Å². The number of pyridine rings is 1. The number of nitriles is 1. The van der Waals surface area contributed by atoms with E-state index in [1.54, 1.807) is 30.3 Å². The SMILES string of the molecule is N#Cc1ccc(CCNS)cc1.O=C(CCc1ccc(-c2cc(N3CCCC3)nc(C(F)(F)F)c2)cc1)NCS(=O)(=O)O. The summed E-state index contributed by atoms with van der Waals surface area (Å²) < 4.78 is 72.7. The molecule has 0 radical (unpaired) electrons. The highest BCUT2D eigenvalue weighted by atomic mass is 32.2. The van der Waals surface area contributed by atoms with Crippen molar-refractivity contribution in [1.82, 2.24) is 15.0 Å². The summed E-state index contributed by atoms with van der Waals surface area (Å²) in [6.07, 6.45) is -1.48. The number of nitrogens with one attached hydrogen (secondary N) is 2. The molecule has 3 aromatic rings. The molecule has 0 aliphatic carbocycles. The molecule has 1 aliphatic rings. The predicted molar refractivity (Wildman–Crippen MR) is 161 cm³/mol. The fraction of sp³-hybridized carbons (Fsp3) is 0.345. The molecule has 1 amide bonds. The van der Waals surface area contributed by atoms with Gasteiger partial charge < -0.3 is 10.2 Å². The van der Waals surface area contributed by atoms with Gasteiger partial charge in [-0.05, 0) is 72.2 Å². The number of aryl methyl sites for hydroxylation is 1. The van der Waals surface area contributed by atoms with E-state index in [1.165, 1.54) is 5.56 Å². The lowest BCUT2D eigenvalue weighted by atomic mass is 10.0. The molecule has 0 spiro atoms. The number of thiol groups is 1. The van der Waals surface area contributed by atoms with Crippen LogP contribution >= 0.6 is 12.8 Å². The number of halogens is 3. The van der Waals surface area contributed by atoms with Gasteiger partial charge in [0.25, 0.3) is 10.1 Å². The lowest BCUT2D eigenvalue weighted by Crippen LogP contribution is -2.29. The van der Waals surface area contributed by atoms with Crippen molar-refractivity contribution in [1.29, 1.82) is 5.26 Å². The largest absolute Gasteiger partial charge is 0.433 e. The van der Waals surface area contributed by atoms with Gasteiger partial charge in [0.15, 0.2) is 0 Å². The molecule has 2 aromatic carbocycles. The molecule has 3 N–H and O–H groups in total. The van der Waals surface area contributed by atoms with E-state index in [1.807, 2.05) is 29.2 Å². The van der Waals surface area contributed by atoms with Crippen molar-refractivity contribution < 1.29 is 30.9 Å². The summed E-state index contributed by atoms with van der Waals surface area (Å²) in [4.78, 5) is 17.3. The Hall–Kier alpha value is -3.64. The zero-order chi connectivity index (χ0) is 31.5. The Morgan fingerprint density at radius 3 is 2.16 bits per heavy atom. The van der Waals surface area contributed by atoms with Crippen LogP contribution in [0, 0.1) is 11.3 Å². The maximum Gasteiger partial charge on any atom is 0.433 e. The third-order valence-corrected chi connectivity index (χ3v) is 7.25. The number of carbonyl (C=O) groups is 1. The van der Waals surface area contributed by atoms with Crippen LogP contribution in [0.3, 0.4) is 0 Å². The van der Waals surface area contributed by atoms with Crippen LogP contribution < -0.4 is 14.9 Å². The number of alkyl halides is 3. The standard InChI is InChI=1S/C20H22F3N3O4S.C9H10N2S/c21-20(22,23)17-11-16(12-18(25-17)26-9-1-2-10-26)15-6-3-14(4-7-15)5-8-19(27)24-13-31(28,29)30;10-7-9-3-1-8(2-4-9)5-6-11-12/h3-4,6-7,11-12H,1-2,5,8-10,13H2,(H,24,27)(H,28,29,30);1-4,11-12H,5-6H2. The van der Waals surface area contributed by atoms with Gasteiger partial charge in [0.2, 0.25) is 5.91 Å². The molecule has 1 aliphatic heterocycles. The minimum absolute atomic E-state index is 0.00144. The van der Waals surface area contributed by atoms with Gasteiger partial charge in [0.05, 0.1) is 11.6 Å². The first-order valence-electron chi connectivity index (χ1n) is 13.4. The smallest absolute Gasteiger partial charge is 0.357 e. The van der Waals surface area contributed by atoms with Crippen LogP contribution in [0.4, 0.5) is 19.0 Å². The lowest BCUT2D eigenvalue weighted by Gasteiger charge is -2.19. The highest BCUT2D eigenvalue weighted by Gasteiger charge is 2.34. The summed E-state index contributed by atoms with van der Waals surface area (Å²) in [5.41, 5.74) is 2.74. The van der Waals surface area contributed by atoms with Gasteiger partial charge in [-0.2, -0.15) is 26.9 Å². The predicted octanol–water partition coefficient (Wildman–Crippen LogP) is 4.80. The molecule has 4 rings (SSSR count). The van der Waals surface area contributed by atoms with E-state index in [0.29, 0.717) is 42.0 Å². The van der Waals surface area contributed by atoms with Crippen molar-refractivity contribution in [3.63, 3.8) is 0 Å². The van der Waals surface area contributed by atoms with Gasteiger partial charge in [0, 0.05) is 26.1 Å². The number of hydrogen-bond acceptors (Lipinski definition) is 8. The van der Waals surface area contributed by atoms with Crippen LogP contribution in [0.15, 0.2) is 60.7 Å². The number of benzene rings is 2. The van der Waals surface area contributed by atoms with Crippen molar-refractivity contribution in [3.8, 4) is 17.2 Å². The van der Waals surface area contributed by atoms with E-state index in [0.717, 1.165) is 37.4 Å². The van der Waals surface area contributed by atoms with Crippen molar-refractivity contribution in [2.24, 2.45) is 0 Å². The maximum absolute atomic E-state index is 13.4. The summed E-state index contributed by atoms with van der Waals surface area (Å²) in [5, 5.41) is 10.6. The van der Waals surface area contributed by atoms with Gasteiger partial charge in [-0.3, -0.25) is 14.1 Å². The van der Waals surface area contributed by atoms with E-state index in [2.05, 4.69) is 33.9 Å². The normalized spacial score (nSPS) is 13.2. The molecular formula is C29H32F3N5O4S2.